The van der Waals surface area contributed by atoms with E-state index in [9.17, 15) is 0 Å². The zero-order valence-electron chi connectivity index (χ0n) is 14.4. The van der Waals surface area contributed by atoms with E-state index in [0.717, 1.165) is 24.3 Å². The van der Waals surface area contributed by atoms with Gasteiger partial charge in [0.25, 0.3) is 0 Å². The second-order valence-corrected chi connectivity index (χ2v) is 6.34. The van der Waals surface area contributed by atoms with Crippen LogP contribution in [0.3, 0.4) is 0 Å². The molecule has 0 saturated heterocycles. The summed E-state index contributed by atoms with van der Waals surface area (Å²) in [6.07, 6.45) is 7.58. The Morgan fingerprint density at radius 1 is 1.12 bits per heavy atom. The maximum atomic E-state index is 5.34. The van der Waals surface area contributed by atoms with Gasteiger partial charge in [0.2, 0.25) is 0 Å². The molecule has 0 unspecified atom stereocenters. The van der Waals surface area contributed by atoms with Crippen LogP contribution in [0.1, 0.15) is 23.6 Å². The van der Waals surface area contributed by atoms with Crippen LogP contribution in [-0.2, 0) is 19.6 Å². The van der Waals surface area contributed by atoms with Gasteiger partial charge in [-0.2, -0.15) is 10.2 Å². The molecule has 25 heavy (non-hydrogen) atoms. The summed E-state index contributed by atoms with van der Waals surface area (Å²) in [5, 5.41) is 15.5. The van der Waals surface area contributed by atoms with Gasteiger partial charge in [-0.25, -0.2) is 0 Å². The van der Waals surface area contributed by atoms with E-state index in [4.69, 9.17) is 12.2 Å². The van der Waals surface area contributed by atoms with Crippen molar-refractivity contribution in [2.75, 3.05) is 5.32 Å². The normalized spacial score (nSPS) is 10.6. The minimum absolute atomic E-state index is 0.569. The summed E-state index contributed by atoms with van der Waals surface area (Å²) >= 11 is 5.34. The van der Waals surface area contributed by atoms with Crippen LogP contribution in [0.4, 0.5) is 5.69 Å². The number of hydrogen-bond donors (Lipinski definition) is 2. The molecule has 0 atom stereocenters. The summed E-state index contributed by atoms with van der Waals surface area (Å²) < 4.78 is 3.79. The predicted molar refractivity (Wildman–Crippen MR) is 103 cm³/mol. The molecule has 0 aliphatic rings. The zero-order valence-corrected chi connectivity index (χ0v) is 15.3. The molecule has 2 heterocycles. The van der Waals surface area contributed by atoms with Crippen LogP contribution < -0.4 is 10.6 Å². The summed E-state index contributed by atoms with van der Waals surface area (Å²) in [7, 11) is 0. The fraction of sp³-hybridized carbons (Fsp3) is 0.278. The number of thiocarbonyl (C=S) groups is 1. The largest absolute Gasteiger partial charge is 0.358 e. The fourth-order valence-electron chi connectivity index (χ4n) is 2.54. The van der Waals surface area contributed by atoms with E-state index < -0.39 is 0 Å². The number of anilines is 1. The summed E-state index contributed by atoms with van der Waals surface area (Å²) in [5.74, 6) is 0. The van der Waals surface area contributed by atoms with Crippen molar-refractivity contribution in [1.29, 1.82) is 0 Å². The summed E-state index contributed by atoms with van der Waals surface area (Å²) in [6.45, 7) is 6.39. The van der Waals surface area contributed by atoms with E-state index >= 15 is 0 Å². The highest BCUT2D eigenvalue weighted by Crippen LogP contribution is 2.09. The molecule has 6 nitrogen and oxygen atoms in total. The number of hydrogen-bond acceptors (Lipinski definition) is 3. The van der Waals surface area contributed by atoms with Gasteiger partial charge in [-0.3, -0.25) is 9.36 Å². The molecule has 3 rings (SSSR count). The molecule has 0 aliphatic heterocycles. The molecule has 1 aromatic carbocycles. The SMILES string of the molecule is CCn1cc(CNC(=S)Nc2cnn(Cc3cccc(C)c3)c2)cn1. The van der Waals surface area contributed by atoms with Crippen LogP contribution >= 0.6 is 12.2 Å². The number of nitrogens with zero attached hydrogens (tertiary/aromatic N) is 4. The van der Waals surface area contributed by atoms with Gasteiger partial charge in [0.1, 0.15) is 0 Å². The first-order chi connectivity index (χ1) is 12.1. The zero-order chi connectivity index (χ0) is 17.6. The lowest BCUT2D eigenvalue weighted by Gasteiger charge is -2.07. The lowest BCUT2D eigenvalue weighted by Crippen LogP contribution is -2.27. The smallest absolute Gasteiger partial charge is 0.171 e. The Morgan fingerprint density at radius 3 is 2.72 bits per heavy atom. The third-order valence-electron chi connectivity index (χ3n) is 3.78. The van der Waals surface area contributed by atoms with Crippen LogP contribution in [0.2, 0.25) is 0 Å². The Morgan fingerprint density at radius 2 is 1.96 bits per heavy atom. The molecule has 3 aromatic rings. The van der Waals surface area contributed by atoms with Crippen molar-refractivity contribution in [3.05, 3.63) is 65.7 Å². The van der Waals surface area contributed by atoms with E-state index in [-0.39, 0.29) is 0 Å². The average molecular weight is 354 g/mol. The first kappa shape index (κ1) is 17.2. The van der Waals surface area contributed by atoms with Crippen LogP contribution in [0.15, 0.2) is 49.1 Å². The highest BCUT2D eigenvalue weighted by Gasteiger charge is 2.03. The van der Waals surface area contributed by atoms with Crippen molar-refractivity contribution >= 4 is 23.0 Å². The van der Waals surface area contributed by atoms with Gasteiger partial charge in [0.15, 0.2) is 5.11 Å². The van der Waals surface area contributed by atoms with E-state index in [1.807, 2.05) is 28.0 Å². The molecule has 0 radical (unpaired) electrons. The highest BCUT2D eigenvalue weighted by atomic mass is 32.1. The first-order valence-electron chi connectivity index (χ1n) is 8.26. The van der Waals surface area contributed by atoms with E-state index in [1.165, 1.54) is 11.1 Å². The van der Waals surface area contributed by atoms with Crippen LogP contribution in [0.5, 0.6) is 0 Å². The number of nitrogens with one attached hydrogen (secondary N) is 2. The average Bonchev–Trinajstić information content (AvgIpc) is 3.22. The van der Waals surface area contributed by atoms with Gasteiger partial charge < -0.3 is 10.6 Å². The summed E-state index contributed by atoms with van der Waals surface area (Å²) in [5.41, 5.74) is 4.44. The van der Waals surface area contributed by atoms with Gasteiger partial charge in [0.05, 0.1) is 24.6 Å². The van der Waals surface area contributed by atoms with Crippen molar-refractivity contribution in [3.63, 3.8) is 0 Å². The summed E-state index contributed by atoms with van der Waals surface area (Å²) in [6, 6.07) is 8.42. The van der Waals surface area contributed by atoms with Crippen molar-refractivity contribution < 1.29 is 0 Å². The first-order valence-corrected chi connectivity index (χ1v) is 8.67. The van der Waals surface area contributed by atoms with Gasteiger partial charge in [-0.1, -0.05) is 29.8 Å². The van der Waals surface area contributed by atoms with Gasteiger partial charge in [0, 0.05) is 31.0 Å². The van der Waals surface area contributed by atoms with Gasteiger partial charge >= 0.3 is 0 Å². The number of benzene rings is 1. The Labute approximate surface area is 152 Å². The third-order valence-corrected chi connectivity index (χ3v) is 4.03. The highest BCUT2D eigenvalue weighted by molar-refractivity contribution is 7.80. The monoisotopic (exact) mass is 354 g/mol. The number of aryl methyl sites for hydroxylation is 2. The van der Waals surface area contributed by atoms with Crippen LogP contribution in [-0.4, -0.2) is 24.7 Å². The van der Waals surface area contributed by atoms with Crippen molar-refractivity contribution in [1.82, 2.24) is 24.9 Å². The summed E-state index contributed by atoms with van der Waals surface area (Å²) in [4.78, 5) is 0. The second kappa shape index (κ2) is 7.94. The van der Waals surface area contributed by atoms with Crippen molar-refractivity contribution in [2.24, 2.45) is 0 Å². The topological polar surface area (TPSA) is 59.7 Å². The standard InChI is InChI=1S/C18H22N6S/c1-3-23-12-16(9-20-23)8-19-18(25)22-17-10-21-24(13-17)11-15-6-4-5-14(2)7-15/h4-7,9-10,12-13H,3,8,11H2,1-2H3,(H2,19,22,25). The van der Waals surface area contributed by atoms with Gasteiger partial charge in [-0.05, 0) is 31.6 Å². The molecule has 7 heteroatoms. The maximum absolute atomic E-state index is 5.34. The molecule has 0 saturated carbocycles. The molecular weight excluding hydrogens is 332 g/mol. The number of aromatic nitrogens is 4. The third kappa shape index (κ3) is 4.90. The minimum Gasteiger partial charge on any atom is -0.358 e. The van der Waals surface area contributed by atoms with Crippen LogP contribution in [0, 0.1) is 6.92 Å². The maximum Gasteiger partial charge on any atom is 0.171 e. The van der Waals surface area contributed by atoms with Crippen molar-refractivity contribution in [2.45, 2.75) is 33.5 Å². The van der Waals surface area contributed by atoms with E-state index in [0.29, 0.717) is 11.7 Å². The molecule has 0 amide bonds. The molecule has 2 N–H and O–H groups in total. The Hall–Kier alpha value is -2.67. The molecular formula is C18H22N6S. The molecule has 0 spiro atoms. The molecule has 0 bridgehead atoms. The molecule has 0 aliphatic carbocycles. The number of rotatable bonds is 6. The van der Waals surface area contributed by atoms with Crippen LogP contribution in [0.25, 0.3) is 0 Å². The lowest BCUT2D eigenvalue weighted by atomic mass is 10.1. The molecule has 130 valence electrons. The Bertz CT molecular complexity index is 851. The molecule has 0 fully saturated rings. The van der Waals surface area contributed by atoms with Gasteiger partial charge in [-0.15, -0.1) is 0 Å². The molecule has 2 aromatic heterocycles. The lowest BCUT2D eigenvalue weighted by molar-refractivity contribution is 0.659. The Balaban J connectivity index is 1.51. The Kier molecular flexibility index (Phi) is 5.45. The minimum atomic E-state index is 0.569. The quantitative estimate of drug-likeness (QED) is 0.667. The second-order valence-electron chi connectivity index (χ2n) is 5.93. The van der Waals surface area contributed by atoms with E-state index in [1.54, 1.807) is 6.20 Å². The van der Waals surface area contributed by atoms with E-state index in [2.05, 4.69) is 58.9 Å². The van der Waals surface area contributed by atoms with Crippen molar-refractivity contribution in [3.8, 4) is 0 Å². The predicted octanol–water partition coefficient (Wildman–Crippen LogP) is 2.94. The fourth-order valence-corrected chi connectivity index (χ4v) is 2.73.